The Labute approximate surface area is 122 Å². The lowest BCUT2D eigenvalue weighted by molar-refractivity contribution is 0.581. The second-order valence-electron chi connectivity index (χ2n) is 3.91. The summed E-state index contributed by atoms with van der Waals surface area (Å²) < 4.78 is 52.7. The molecular formula is C11H10BrF2N3O2S. The molecule has 0 saturated heterocycles. The summed E-state index contributed by atoms with van der Waals surface area (Å²) in [6.07, 6.45) is 1.24. The molecule has 0 saturated carbocycles. The normalized spacial score (nSPS) is 11.6. The molecule has 20 heavy (non-hydrogen) atoms. The molecule has 1 aromatic carbocycles. The van der Waals surface area contributed by atoms with Crippen LogP contribution in [0.15, 0.2) is 33.8 Å². The maximum Gasteiger partial charge on any atom is 0.263 e. The summed E-state index contributed by atoms with van der Waals surface area (Å²) in [5.41, 5.74) is 5.53. The fourth-order valence-electron chi connectivity index (χ4n) is 1.52. The molecule has 0 aliphatic heterocycles. The van der Waals surface area contributed by atoms with Gasteiger partial charge in [-0.25, -0.2) is 17.2 Å². The molecule has 1 aromatic heterocycles. The highest BCUT2D eigenvalue weighted by atomic mass is 79.9. The molecule has 0 aliphatic rings. The SMILES string of the molecule is NCc1cc(S(=O)(=O)Nc2c(F)cc(F)cc2Br)c[nH]1. The third-order valence-corrected chi connectivity index (χ3v) is 4.44. The average molecular weight is 366 g/mol. The monoisotopic (exact) mass is 365 g/mol. The van der Waals surface area contributed by atoms with Crippen LogP contribution in [0.1, 0.15) is 5.69 Å². The highest BCUT2D eigenvalue weighted by Gasteiger charge is 2.20. The van der Waals surface area contributed by atoms with Crippen molar-refractivity contribution < 1.29 is 17.2 Å². The number of rotatable bonds is 4. The number of halogens is 3. The van der Waals surface area contributed by atoms with Crippen LogP contribution in [0.2, 0.25) is 0 Å². The van der Waals surface area contributed by atoms with Crippen molar-refractivity contribution in [1.82, 2.24) is 4.98 Å². The Balaban J connectivity index is 2.38. The molecule has 5 nitrogen and oxygen atoms in total. The summed E-state index contributed by atoms with van der Waals surface area (Å²) in [5.74, 6) is -1.83. The molecule has 0 aliphatic carbocycles. The Hall–Kier alpha value is -1.45. The van der Waals surface area contributed by atoms with Crippen molar-refractivity contribution in [3.8, 4) is 0 Å². The molecule has 0 atom stereocenters. The fourth-order valence-corrected chi connectivity index (χ4v) is 3.27. The van der Waals surface area contributed by atoms with Crippen molar-refractivity contribution in [2.75, 3.05) is 4.72 Å². The van der Waals surface area contributed by atoms with Crippen molar-refractivity contribution in [2.45, 2.75) is 11.4 Å². The van der Waals surface area contributed by atoms with Crippen LogP contribution in [-0.2, 0) is 16.6 Å². The number of sulfonamides is 1. The highest BCUT2D eigenvalue weighted by molar-refractivity contribution is 9.10. The van der Waals surface area contributed by atoms with Gasteiger partial charge in [0, 0.05) is 29.0 Å². The highest BCUT2D eigenvalue weighted by Crippen LogP contribution is 2.29. The van der Waals surface area contributed by atoms with Gasteiger partial charge in [0.2, 0.25) is 0 Å². The minimum atomic E-state index is -3.99. The van der Waals surface area contributed by atoms with E-state index >= 15 is 0 Å². The van der Waals surface area contributed by atoms with Crippen molar-refractivity contribution in [2.24, 2.45) is 5.73 Å². The zero-order chi connectivity index (χ0) is 14.9. The first kappa shape index (κ1) is 14.9. The summed E-state index contributed by atoms with van der Waals surface area (Å²) in [6.45, 7) is 0.143. The fraction of sp³-hybridized carbons (Fsp3) is 0.0909. The van der Waals surface area contributed by atoms with Gasteiger partial charge in [-0.2, -0.15) is 0 Å². The molecule has 0 radical (unpaired) electrons. The van der Waals surface area contributed by atoms with Gasteiger partial charge in [0.25, 0.3) is 10.0 Å². The van der Waals surface area contributed by atoms with E-state index < -0.39 is 21.7 Å². The van der Waals surface area contributed by atoms with Crippen LogP contribution in [-0.4, -0.2) is 13.4 Å². The molecule has 108 valence electrons. The predicted molar refractivity (Wildman–Crippen MR) is 73.6 cm³/mol. The van der Waals surface area contributed by atoms with E-state index in [1.807, 2.05) is 0 Å². The van der Waals surface area contributed by atoms with Crippen molar-refractivity contribution in [1.29, 1.82) is 0 Å². The number of nitrogens with two attached hydrogens (primary N) is 1. The molecule has 4 N–H and O–H groups in total. The molecule has 0 fully saturated rings. The van der Waals surface area contributed by atoms with E-state index in [1.54, 1.807) is 0 Å². The quantitative estimate of drug-likeness (QED) is 0.776. The van der Waals surface area contributed by atoms with Gasteiger partial charge in [-0.15, -0.1) is 0 Å². The zero-order valence-corrected chi connectivity index (χ0v) is 12.4. The first-order valence-corrected chi connectivity index (χ1v) is 7.66. The number of hydrogen-bond acceptors (Lipinski definition) is 3. The molecule has 0 spiro atoms. The van der Waals surface area contributed by atoms with Gasteiger partial charge in [-0.1, -0.05) is 0 Å². The van der Waals surface area contributed by atoms with E-state index in [9.17, 15) is 17.2 Å². The number of anilines is 1. The number of hydrogen-bond donors (Lipinski definition) is 3. The Morgan fingerprint density at radius 1 is 1.30 bits per heavy atom. The Morgan fingerprint density at radius 2 is 2.00 bits per heavy atom. The number of nitrogens with one attached hydrogen (secondary N) is 2. The smallest absolute Gasteiger partial charge is 0.263 e. The Morgan fingerprint density at radius 3 is 2.55 bits per heavy atom. The predicted octanol–water partition coefficient (Wildman–Crippen LogP) is 2.31. The van der Waals surface area contributed by atoms with Crippen molar-refractivity contribution in [3.05, 3.63) is 46.2 Å². The van der Waals surface area contributed by atoms with E-state index in [2.05, 4.69) is 25.6 Å². The lowest BCUT2D eigenvalue weighted by Gasteiger charge is -2.09. The van der Waals surface area contributed by atoms with Crippen LogP contribution in [0.5, 0.6) is 0 Å². The van der Waals surface area contributed by atoms with Gasteiger partial charge in [0.15, 0.2) is 5.82 Å². The lowest BCUT2D eigenvalue weighted by atomic mass is 10.3. The summed E-state index contributed by atoms with van der Waals surface area (Å²) in [7, 11) is -3.99. The minimum absolute atomic E-state index is 0.0341. The van der Waals surface area contributed by atoms with Gasteiger partial charge in [-0.3, -0.25) is 4.72 Å². The molecule has 0 amide bonds. The van der Waals surface area contributed by atoms with Gasteiger partial charge >= 0.3 is 0 Å². The number of aromatic nitrogens is 1. The average Bonchev–Trinajstić information content (AvgIpc) is 2.83. The maximum absolute atomic E-state index is 13.6. The lowest BCUT2D eigenvalue weighted by Crippen LogP contribution is -2.14. The second-order valence-corrected chi connectivity index (χ2v) is 6.45. The number of aromatic amines is 1. The summed E-state index contributed by atoms with van der Waals surface area (Å²) in [6, 6.07) is 2.88. The number of H-pyrrole nitrogens is 1. The van der Waals surface area contributed by atoms with Gasteiger partial charge in [0.05, 0.1) is 5.69 Å². The number of benzene rings is 1. The molecule has 0 unspecified atom stereocenters. The molecule has 0 bridgehead atoms. The Bertz CT molecular complexity index is 723. The summed E-state index contributed by atoms with van der Waals surface area (Å²) in [5, 5.41) is 0. The van der Waals surface area contributed by atoms with Crippen molar-refractivity contribution in [3.63, 3.8) is 0 Å². The van der Waals surface area contributed by atoms with Gasteiger partial charge in [-0.05, 0) is 28.1 Å². The molecule has 1 heterocycles. The molecule has 2 rings (SSSR count). The molecular weight excluding hydrogens is 356 g/mol. The van der Waals surface area contributed by atoms with Gasteiger partial charge in [0.1, 0.15) is 10.7 Å². The van der Waals surface area contributed by atoms with E-state index in [0.717, 1.165) is 6.07 Å². The minimum Gasteiger partial charge on any atom is -0.363 e. The first-order valence-electron chi connectivity index (χ1n) is 5.38. The van der Waals surface area contributed by atoms with E-state index in [0.29, 0.717) is 11.8 Å². The van der Waals surface area contributed by atoms with Crippen molar-refractivity contribution >= 4 is 31.6 Å². The first-order chi connectivity index (χ1) is 9.33. The molecule has 9 heteroatoms. The molecule has 2 aromatic rings. The Kier molecular flexibility index (Phi) is 4.11. The van der Waals surface area contributed by atoms with Crippen LogP contribution < -0.4 is 10.5 Å². The third kappa shape index (κ3) is 3.00. The third-order valence-electron chi connectivity index (χ3n) is 2.49. The largest absolute Gasteiger partial charge is 0.363 e. The standard InChI is InChI=1S/C11H10BrF2N3O2S/c12-9-1-6(13)2-10(14)11(9)17-20(18,19)8-3-7(4-15)16-5-8/h1-3,5,16-17H,4,15H2. The van der Waals surface area contributed by atoms with Crippen LogP contribution in [0.25, 0.3) is 0 Å². The zero-order valence-electron chi connectivity index (χ0n) is 9.95. The summed E-state index contributed by atoms with van der Waals surface area (Å²) in [4.78, 5) is 2.59. The maximum atomic E-state index is 13.6. The van der Waals surface area contributed by atoms with E-state index in [1.165, 1.54) is 12.3 Å². The van der Waals surface area contributed by atoms with E-state index in [-0.39, 0.29) is 21.6 Å². The van der Waals surface area contributed by atoms with Crippen LogP contribution in [0.3, 0.4) is 0 Å². The summed E-state index contributed by atoms with van der Waals surface area (Å²) >= 11 is 2.91. The second kappa shape index (κ2) is 5.51. The van der Waals surface area contributed by atoms with Gasteiger partial charge < -0.3 is 10.7 Å². The topological polar surface area (TPSA) is 88.0 Å². The van der Waals surface area contributed by atoms with Crippen LogP contribution in [0.4, 0.5) is 14.5 Å². The van der Waals surface area contributed by atoms with E-state index in [4.69, 9.17) is 5.73 Å². The van der Waals surface area contributed by atoms with Crippen LogP contribution in [0, 0.1) is 11.6 Å². The van der Waals surface area contributed by atoms with Crippen LogP contribution >= 0.6 is 15.9 Å².